The number of methoxy groups -OCH3 is 1. The molecule has 0 aliphatic carbocycles. The fourth-order valence-corrected chi connectivity index (χ4v) is 5.54. The maximum Gasteiger partial charge on any atom is 0.251 e. The Morgan fingerprint density at radius 1 is 0.879 bits per heavy atom. The Labute approximate surface area is 205 Å². The van der Waals surface area contributed by atoms with Crippen LogP contribution in [0.1, 0.15) is 68.6 Å². The number of hydrogen-bond acceptors (Lipinski definition) is 4. The van der Waals surface area contributed by atoms with Gasteiger partial charge in [-0.1, -0.05) is 51.9 Å². The topological polar surface area (TPSA) is 56.8 Å². The smallest absolute Gasteiger partial charge is 0.251 e. The van der Waals surface area contributed by atoms with Crippen molar-refractivity contribution in [1.29, 1.82) is 0 Å². The molecule has 5 nitrogen and oxygen atoms in total. The summed E-state index contributed by atoms with van der Waals surface area (Å²) < 4.78 is 18.1. The molecular formula is C26H49NO4Si2. The van der Waals surface area contributed by atoms with Gasteiger partial charge in [0, 0.05) is 5.56 Å². The number of carbonyl (C=O) groups is 1. The van der Waals surface area contributed by atoms with E-state index in [-0.39, 0.29) is 18.1 Å². The summed E-state index contributed by atoms with van der Waals surface area (Å²) in [6.45, 7) is 15.9. The first-order valence-corrected chi connectivity index (χ1v) is 19.5. The van der Waals surface area contributed by atoms with Gasteiger partial charge < -0.3 is 18.9 Å². The Hall–Kier alpha value is -1.16. The number of rotatable bonds is 17. The molecule has 0 fully saturated rings. The number of carbonyl (C=O) groups excluding carboxylic acids is 1. The molecule has 190 valence electrons. The van der Waals surface area contributed by atoms with Gasteiger partial charge in [-0.2, -0.15) is 0 Å². The molecule has 0 spiro atoms. The van der Waals surface area contributed by atoms with Gasteiger partial charge in [0.1, 0.15) is 5.75 Å². The lowest BCUT2D eigenvalue weighted by atomic mass is 10.0. The number of hydrogen-bond donors (Lipinski definition) is 1. The predicted octanol–water partition coefficient (Wildman–Crippen LogP) is 7.01. The van der Waals surface area contributed by atoms with Crippen molar-refractivity contribution in [3.05, 3.63) is 29.8 Å². The molecule has 2 atom stereocenters. The normalized spacial score (nSPS) is 14.1. The Balaban J connectivity index is 2.89. The largest absolute Gasteiger partial charge is 0.497 e. The number of nitrogens with one attached hydrogen (secondary N) is 1. The van der Waals surface area contributed by atoms with Crippen molar-refractivity contribution in [2.45, 2.75) is 110 Å². The molecule has 0 saturated carbocycles. The molecule has 2 unspecified atom stereocenters. The van der Waals surface area contributed by atoms with Gasteiger partial charge in [-0.05, 0) is 70.0 Å². The van der Waals surface area contributed by atoms with Crippen LogP contribution in [0.25, 0.3) is 0 Å². The third kappa shape index (κ3) is 14.0. The van der Waals surface area contributed by atoms with Crippen LogP contribution in [0, 0.1) is 0 Å². The van der Waals surface area contributed by atoms with E-state index in [9.17, 15) is 4.79 Å². The van der Waals surface area contributed by atoms with E-state index in [2.05, 4.69) is 51.5 Å². The zero-order valence-electron chi connectivity index (χ0n) is 22.5. The van der Waals surface area contributed by atoms with Gasteiger partial charge in [0.25, 0.3) is 5.91 Å². The van der Waals surface area contributed by atoms with Gasteiger partial charge in [-0.3, -0.25) is 4.79 Å². The van der Waals surface area contributed by atoms with Gasteiger partial charge in [0.15, 0.2) is 16.6 Å². The Morgan fingerprint density at radius 3 is 1.97 bits per heavy atom. The van der Waals surface area contributed by atoms with Crippen molar-refractivity contribution >= 4 is 22.5 Å². The van der Waals surface area contributed by atoms with Crippen molar-refractivity contribution in [1.82, 2.24) is 5.32 Å². The lowest BCUT2D eigenvalue weighted by Crippen LogP contribution is -2.51. The van der Waals surface area contributed by atoms with Gasteiger partial charge in [-0.25, -0.2) is 0 Å². The predicted molar refractivity (Wildman–Crippen MR) is 144 cm³/mol. The molecule has 7 heteroatoms. The molecule has 0 saturated heterocycles. The van der Waals surface area contributed by atoms with Crippen LogP contribution < -0.4 is 10.1 Å². The fourth-order valence-electron chi connectivity index (χ4n) is 3.67. The van der Waals surface area contributed by atoms with Crippen LogP contribution in [0.4, 0.5) is 0 Å². The van der Waals surface area contributed by atoms with E-state index in [0.717, 1.165) is 18.6 Å². The minimum atomic E-state index is -1.80. The second-order valence-corrected chi connectivity index (χ2v) is 19.9. The minimum absolute atomic E-state index is 0.0362. The molecule has 1 amide bonds. The minimum Gasteiger partial charge on any atom is -0.497 e. The molecule has 0 aliphatic heterocycles. The van der Waals surface area contributed by atoms with Crippen LogP contribution in [0.3, 0.4) is 0 Å². The van der Waals surface area contributed by atoms with E-state index in [4.69, 9.17) is 13.6 Å². The quantitative estimate of drug-likeness (QED) is 0.187. The first-order valence-electron chi connectivity index (χ1n) is 12.7. The highest BCUT2D eigenvalue weighted by atomic mass is 28.4. The standard InChI is InChI=1S/C26H49NO4Si2/c1-9-10-11-12-13-14-15-16-25(31-33(6,7)8)24(21-30-32(3,4)5)27-26(28)22-17-19-23(29-2)20-18-22/h17-20,24-25H,9-16,21H2,1-8H3,(H,27,28). The molecule has 1 aromatic rings. The summed E-state index contributed by atoms with van der Waals surface area (Å²) in [6, 6.07) is 7.07. The fraction of sp³-hybridized carbons (Fsp3) is 0.731. The SMILES string of the molecule is CCCCCCCCCC(O[Si](C)(C)C)C(CO[Si](C)(C)C)NC(=O)c1ccc(OC)cc1. The van der Waals surface area contributed by atoms with Gasteiger partial charge in [0.2, 0.25) is 0 Å². The van der Waals surface area contributed by atoms with Gasteiger partial charge in [0.05, 0.1) is 25.9 Å². The average molecular weight is 496 g/mol. The maximum atomic E-state index is 13.1. The summed E-state index contributed by atoms with van der Waals surface area (Å²) in [5, 5.41) is 3.25. The van der Waals surface area contributed by atoms with Crippen LogP contribution in [0.2, 0.25) is 39.3 Å². The molecule has 1 rings (SSSR count). The van der Waals surface area contributed by atoms with Crippen molar-refractivity contribution in [2.75, 3.05) is 13.7 Å². The molecule has 0 heterocycles. The van der Waals surface area contributed by atoms with Crippen molar-refractivity contribution in [3.63, 3.8) is 0 Å². The zero-order chi connectivity index (χ0) is 24.9. The Morgan fingerprint density at radius 2 is 1.45 bits per heavy atom. The van der Waals surface area contributed by atoms with E-state index in [1.165, 1.54) is 38.5 Å². The summed E-state index contributed by atoms with van der Waals surface area (Å²) in [7, 11) is -1.91. The summed E-state index contributed by atoms with van der Waals surface area (Å²) in [5.74, 6) is 0.648. The van der Waals surface area contributed by atoms with Crippen LogP contribution >= 0.6 is 0 Å². The van der Waals surface area contributed by atoms with Crippen LogP contribution in [-0.2, 0) is 8.85 Å². The van der Waals surface area contributed by atoms with Crippen LogP contribution in [0.15, 0.2) is 24.3 Å². The van der Waals surface area contributed by atoms with E-state index < -0.39 is 16.6 Å². The molecule has 1 N–H and O–H groups in total. The highest BCUT2D eigenvalue weighted by molar-refractivity contribution is 6.70. The Kier molecular flexibility index (Phi) is 13.5. The van der Waals surface area contributed by atoms with E-state index in [0.29, 0.717) is 12.2 Å². The van der Waals surface area contributed by atoms with Gasteiger partial charge in [-0.15, -0.1) is 0 Å². The molecular weight excluding hydrogens is 446 g/mol. The lowest BCUT2D eigenvalue weighted by Gasteiger charge is -2.34. The van der Waals surface area contributed by atoms with Gasteiger partial charge >= 0.3 is 0 Å². The Bertz CT molecular complexity index is 668. The maximum absolute atomic E-state index is 13.1. The molecule has 1 aromatic carbocycles. The lowest BCUT2D eigenvalue weighted by molar-refractivity contribution is 0.0748. The number of unbranched alkanes of at least 4 members (excludes halogenated alkanes) is 6. The van der Waals surface area contributed by atoms with Crippen molar-refractivity contribution < 1.29 is 18.4 Å². The monoisotopic (exact) mass is 495 g/mol. The van der Waals surface area contributed by atoms with E-state index >= 15 is 0 Å². The third-order valence-corrected chi connectivity index (χ3v) is 7.45. The van der Waals surface area contributed by atoms with E-state index in [1.807, 2.05) is 12.1 Å². The molecule has 0 aromatic heterocycles. The average Bonchev–Trinajstić information content (AvgIpc) is 2.73. The summed E-state index contributed by atoms with van der Waals surface area (Å²) >= 11 is 0. The van der Waals surface area contributed by atoms with Crippen molar-refractivity contribution in [3.8, 4) is 5.75 Å². The second kappa shape index (κ2) is 15.0. The highest BCUT2D eigenvalue weighted by Crippen LogP contribution is 2.20. The molecule has 0 radical (unpaired) electrons. The van der Waals surface area contributed by atoms with Crippen molar-refractivity contribution in [2.24, 2.45) is 0 Å². The number of amides is 1. The second-order valence-electron chi connectivity index (χ2n) is 10.9. The number of benzene rings is 1. The molecule has 0 aliphatic rings. The van der Waals surface area contributed by atoms with Crippen LogP contribution in [-0.4, -0.2) is 48.4 Å². The first-order chi connectivity index (χ1) is 15.4. The number of ether oxygens (including phenoxy) is 1. The summed E-state index contributed by atoms with van der Waals surface area (Å²) in [5.41, 5.74) is 0.622. The zero-order valence-corrected chi connectivity index (χ0v) is 24.5. The van der Waals surface area contributed by atoms with Crippen LogP contribution in [0.5, 0.6) is 5.75 Å². The summed E-state index contributed by atoms with van der Waals surface area (Å²) in [4.78, 5) is 13.1. The highest BCUT2D eigenvalue weighted by Gasteiger charge is 2.31. The molecule has 33 heavy (non-hydrogen) atoms. The third-order valence-electron chi connectivity index (χ3n) is 5.41. The first kappa shape index (κ1) is 29.9. The summed E-state index contributed by atoms with van der Waals surface area (Å²) in [6.07, 6.45) is 9.75. The van der Waals surface area contributed by atoms with E-state index in [1.54, 1.807) is 19.2 Å². The molecule has 0 bridgehead atoms.